The zero-order chi connectivity index (χ0) is 21.9. The molecule has 0 aliphatic rings. The van der Waals surface area contributed by atoms with Crippen LogP contribution in [0, 0.1) is 13.8 Å². The number of methoxy groups -OCH3 is 1. The summed E-state index contributed by atoms with van der Waals surface area (Å²) >= 11 is 0. The van der Waals surface area contributed by atoms with Gasteiger partial charge in [0.15, 0.2) is 5.82 Å². The van der Waals surface area contributed by atoms with Crippen LogP contribution in [0.3, 0.4) is 0 Å². The van der Waals surface area contributed by atoms with E-state index in [0.717, 1.165) is 16.7 Å². The number of hydrogen-bond donors (Lipinski definition) is 1. The van der Waals surface area contributed by atoms with Gasteiger partial charge in [-0.15, -0.1) is 18.3 Å². The van der Waals surface area contributed by atoms with Crippen molar-refractivity contribution in [2.45, 2.75) is 26.8 Å². The first-order valence-electron chi connectivity index (χ1n) is 8.86. The molecular formula is C20H19F3N4O3. The van der Waals surface area contributed by atoms with E-state index in [9.17, 15) is 18.0 Å². The number of rotatable bonds is 5. The highest BCUT2D eigenvalue weighted by Gasteiger charge is 2.31. The number of alkyl carbamates (subject to hydrolysis) is 1. The van der Waals surface area contributed by atoms with E-state index in [4.69, 9.17) is 0 Å². The molecular weight excluding hydrogens is 401 g/mol. The average molecular weight is 420 g/mol. The Kier molecular flexibility index (Phi) is 5.95. The molecule has 0 bridgehead atoms. The van der Waals surface area contributed by atoms with Crippen molar-refractivity contribution in [3.63, 3.8) is 0 Å². The topological polar surface area (TPSA) is 78.3 Å². The smallest absolute Gasteiger partial charge is 0.453 e. The van der Waals surface area contributed by atoms with E-state index in [2.05, 4.69) is 24.9 Å². The molecule has 1 heterocycles. The number of hydrogen-bond acceptors (Lipinski definition) is 5. The highest BCUT2D eigenvalue weighted by molar-refractivity contribution is 5.67. The number of nitrogens with one attached hydrogen (secondary N) is 1. The van der Waals surface area contributed by atoms with Crippen LogP contribution in [0.15, 0.2) is 42.7 Å². The summed E-state index contributed by atoms with van der Waals surface area (Å²) in [5.41, 5.74) is 3.70. The standard InChI is InChI=1S/C20H19F3N4O3/c1-12-4-5-14(9-15(12)10-24-19(28)29-3)18-25-11-27(26-18)17-7-6-16(8-13(17)2)30-20(21,22)23/h4-9,11H,10H2,1-3H3,(H,24,28). The molecule has 3 rings (SSSR count). The van der Waals surface area contributed by atoms with Crippen LogP contribution in [-0.4, -0.2) is 34.3 Å². The van der Waals surface area contributed by atoms with Crippen LogP contribution in [-0.2, 0) is 11.3 Å². The predicted molar refractivity (Wildman–Crippen MR) is 102 cm³/mol. The van der Waals surface area contributed by atoms with E-state index in [1.807, 2.05) is 25.1 Å². The van der Waals surface area contributed by atoms with Crippen molar-refractivity contribution in [3.8, 4) is 22.8 Å². The minimum absolute atomic E-state index is 0.285. The highest BCUT2D eigenvalue weighted by atomic mass is 19.4. The van der Waals surface area contributed by atoms with E-state index in [-0.39, 0.29) is 12.3 Å². The Morgan fingerprint density at radius 3 is 2.57 bits per heavy atom. The molecule has 1 aromatic heterocycles. The summed E-state index contributed by atoms with van der Waals surface area (Å²) in [6, 6.07) is 9.59. The number of alkyl halides is 3. The summed E-state index contributed by atoms with van der Waals surface area (Å²) in [6.45, 7) is 3.85. The number of nitrogens with zero attached hydrogens (tertiary/aromatic N) is 3. The van der Waals surface area contributed by atoms with Gasteiger partial charge >= 0.3 is 12.5 Å². The first-order chi connectivity index (χ1) is 14.2. The van der Waals surface area contributed by atoms with Crippen LogP contribution in [0.1, 0.15) is 16.7 Å². The quantitative estimate of drug-likeness (QED) is 0.666. The fraction of sp³-hybridized carbons (Fsp3) is 0.250. The van der Waals surface area contributed by atoms with E-state index < -0.39 is 12.5 Å². The average Bonchev–Trinajstić information content (AvgIpc) is 3.15. The van der Waals surface area contributed by atoms with Crippen molar-refractivity contribution in [2.24, 2.45) is 0 Å². The molecule has 0 atom stereocenters. The van der Waals surface area contributed by atoms with Gasteiger partial charge in [-0.05, 0) is 54.8 Å². The lowest BCUT2D eigenvalue weighted by molar-refractivity contribution is -0.274. The summed E-state index contributed by atoms with van der Waals surface area (Å²) in [4.78, 5) is 15.6. The van der Waals surface area contributed by atoms with Gasteiger partial charge in [-0.1, -0.05) is 12.1 Å². The number of amides is 1. The summed E-state index contributed by atoms with van der Waals surface area (Å²) in [5, 5.41) is 7.06. The molecule has 30 heavy (non-hydrogen) atoms. The fourth-order valence-corrected chi connectivity index (χ4v) is 2.83. The first kappa shape index (κ1) is 21.2. The molecule has 0 unspecified atom stereocenters. The third kappa shape index (κ3) is 5.07. The summed E-state index contributed by atoms with van der Waals surface area (Å²) in [7, 11) is 1.29. The first-order valence-corrected chi connectivity index (χ1v) is 8.86. The molecule has 0 saturated heterocycles. The Balaban J connectivity index is 1.84. The van der Waals surface area contributed by atoms with Gasteiger partial charge in [0.2, 0.25) is 0 Å². The van der Waals surface area contributed by atoms with Gasteiger partial charge in [-0.2, -0.15) is 0 Å². The Bertz CT molecular complexity index is 1060. The van der Waals surface area contributed by atoms with Crippen LogP contribution in [0.4, 0.5) is 18.0 Å². The number of halogens is 3. The summed E-state index contributed by atoms with van der Waals surface area (Å²) < 4.78 is 47.2. The summed E-state index contributed by atoms with van der Waals surface area (Å²) in [5.74, 6) is 0.134. The van der Waals surface area contributed by atoms with Crippen molar-refractivity contribution in [3.05, 3.63) is 59.4 Å². The van der Waals surface area contributed by atoms with Gasteiger partial charge in [0, 0.05) is 12.1 Å². The Hall–Kier alpha value is -3.56. The monoisotopic (exact) mass is 420 g/mol. The third-order valence-corrected chi connectivity index (χ3v) is 4.36. The second-order valence-corrected chi connectivity index (χ2v) is 6.50. The molecule has 0 aliphatic heterocycles. The minimum Gasteiger partial charge on any atom is -0.453 e. The molecule has 0 aliphatic carbocycles. The van der Waals surface area contributed by atoms with Crippen molar-refractivity contribution < 1.29 is 27.4 Å². The van der Waals surface area contributed by atoms with Gasteiger partial charge in [0.1, 0.15) is 12.1 Å². The van der Waals surface area contributed by atoms with E-state index in [1.54, 1.807) is 6.92 Å². The molecule has 3 aromatic rings. The maximum atomic E-state index is 12.4. The van der Waals surface area contributed by atoms with Gasteiger partial charge in [0.05, 0.1) is 12.8 Å². The number of benzene rings is 2. The number of ether oxygens (including phenoxy) is 2. The summed E-state index contributed by atoms with van der Waals surface area (Å²) in [6.07, 6.45) is -3.80. The van der Waals surface area contributed by atoms with E-state index in [0.29, 0.717) is 17.1 Å². The maximum Gasteiger partial charge on any atom is 0.573 e. The van der Waals surface area contributed by atoms with Crippen LogP contribution < -0.4 is 10.1 Å². The lowest BCUT2D eigenvalue weighted by atomic mass is 10.0. The molecule has 1 amide bonds. The molecule has 0 saturated carbocycles. The molecule has 2 aromatic carbocycles. The predicted octanol–water partition coefficient (Wildman–Crippen LogP) is 4.31. The number of carbonyl (C=O) groups is 1. The van der Waals surface area contributed by atoms with Crippen molar-refractivity contribution in [2.75, 3.05) is 7.11 Å². The van der Waals surface area contributed by atoms with E-state index >= 15 is 0 Å². The maximum absolute atomic E-state index is 12.4. The molecule has 0 fully saturated rings. The second kappa shape index (κ2) is 8.44. The van der Waals surface area contributed by atoms with Crippen molar-refractivity contribution in [1.82, 2.24) is 20.1 Å². The van der Waals surface area contributed by atoms with Gasteiger partial charge in [-0.25, -0.2) is 14.5 Å². The van der Waals surface area contributed by atoms with Crippen LogP contribution in [0.5, 0.6) is 5.75 Å². The Labute approximate surface area is 170 Å². The highest BCUT2D eigenvalue weighted by Crippen LogP contribution is 2.27. The number of aryl methyl sites for hydroxylation is 2. The Morgan fingerprint density at radius 2 is 1.90 bits per heavy atom. The largest absolute Gasteiger partial charge is 0.573 e. The van der Waals surface area contributed by atoms with Gasteiger partial charge < -0.3 is 14.8 Å². The number of aromatic nitrogens is 3. The van der Waals surface area contributed by atoms with Crippen LogP contribution in [0.25, 0.3) is 17.1 Å². The molecule has 158 valence electrons. The minimum atomic E-state index is -4.75. The molecule has 0 spiro atoms. The SMILES string of the molecule is COC(=O)NCc1cc(-c2ncn(-c3ccc(OC(F)(F)F)cc3C)n2)ccc1C. The zero-order valence-electron chi connectivity index (χ0n) is 16.4. The van der Waals surface area contributed by atoms with Crippen LogP contribution >= 0.6 is 0 Å². The van der Waals surface area contributed by atoms with Gasteiger partial charge in [0.25, 0.3) is 0 Å². The fourth-order valence-electron chi connectivity index (χ4n) is 2.83. The third-order valence-electron chi connectivity index (χ3n) is 4.36. The molecule has 0 radical (unpaired) electrons. The van der Waals surface area contributed by atoms with Crippen molar-refractivity contribution >= 4 is 6.09 Å². The van der Waals surface area contributed by atoms with E-state index in [1.165, 1.54) is 36.3 Å². The number of carbonyl (C=O) groups excluding carboxylic acids is 1. The normalized spacial score (nSPS) is 11.3. The molecule has 10 heteroatoms. The molecule has 1 N–H and O–H groups in total. The second-order valence-electron chi connectivity index (χ2n) is 6.50. The lowest BCUT2D eigenvalue weighted by Crippen LogP contribution is -2.22. The van der Waals surface area contributed by atoms with Crippen molar-refractivity contribution in [1.29, 1.82) is 0 Å². The zero-order valence-corrected chi connectivity index (χ0v) is 16.4. The van der Waals surface area contributed by atoms with Crippen LogP contribution in [0.2, 0.25) is 0 Å². The molecule has 7 nitrogen and oxygen atoms in total. The Morgan fingerprint density at radius 1 is 1.13 bits per heavy atom. The van der Waals surface area contributed by atoms with Gasteiger partial charge in [-0.3, -0.25) is 0 Å². The lowest BCUT2D eigenvalue weighted by Gasteiger charge is -2.11.